The maximum atomic E-state index is 11.8. The maximum absolute atomic E-state index is 11.8. The molecule has 1 rings (SSSR count). The summed E-state index contributed by atoms with van der Waals surface area (Å²) in [5.74, 6) is 0. The van der Waals surface area contributed by atoms with Gasteiger partial charge in [0.2, 0.25) is 0 Å². The molecule has 2 N–H and O–H groups in total. The molecule has 4 nitrogen and oxygen atoms in total. The van der Waals surface area contributed by atoms with Crippen molar-refractivity contribution in [3.8, 4) is 0 Å². The summed E-state index contributed by atoms with van der Waals surface area (Å²) in [6.07, 6.45) is -1.76. The maximum Gasteiger partial charge on any atom is 0.339 e. The Morgan fingerprint density at radius 1 is 1.82 bits per heavy atom. The molecule has 0 saturated carbocycles. The largest absolute Gasteiger partial charge is 0.350 e. The van der Waals surface area contributed by atoms with Crippen LogP contribution in [0.4, 0.5) is 13.6 Å². The summed E-state index contributed by atoms with van der Waals surface area (Å²) >= 11 is 0. The molecule has 0 saturated heterocycles. The number of aromatic nitrogens is 2. The fourth-order valence-corrected chi connectivity index (χ4v) is 0.521. The van der Waals surface area contributed by atoms with Crippen molar-refractivity contribution in [2.75, 3.05) is 0 Å². The number of hydrogen-bond acceptors (Lipinski definition) is 2. The van der Waals surface area contributed by atoms with Crippen LogP contribution >= 0.6 is 0 Å². The number of primary amides is 1. The van der Waals surface area contributed by atoms with Gasteiger partial charge in [0.05, 0.1) is 0 Å². The van der Waals surface area contributed by atoms with Crippen molar-refractivity contribution in [3.05, 3.63) is 18.0 Å². The summed E-state index contributed by atoms with van der Waals surface area (Å²) in [7, 11) is 0. The Hall–Kier alpha value is -1.46. The van der Waals surface area contributed by atoms with E-state index in [-0.39, 0.29) is 0 Å². The Morgan fingerprint density at radius 3 is 2.73 bits per heavy atom. The standard InChI is InChI=1S/C5H4F2N3O/c6-4(7)3-1-2-10(9-3)5(8)11/h2,4H,(H2,8,11). The Morgan fingerprint density at radius 2 is 2.45 bits per heavy atom. The smallest absolute Gasteiger partial charge is 0.339 e. The van der Waals surface area contributed by atoms with Crippen molar-refractivity contribution in [1.29, 1.82) is 0 Å². The summed E-state index contributed by atoms with van der Waals surface area (Å²) in [5.41, 5.74) is 4.14. The predicted molar refractivity (Wildman–Crippen MR) is 31.0 cm³/mol. The molecular weight excluding hydrogens is 156 g/mol. The highest BCUT2D eigenvalue weighted by molar-refractivity contribution is 5.73. The lowest BCUT2D eigenvalue weighted by molar-refractivity contribution is 0.145. The number of carbonyl (C=O) groups excluding carboxylic acids is 1. The van der Waals surface area contributed by atoms with Crippen molar-refractivity contribution in [3.63, 3.8) is 0 Å². The highest BCUT2D eigenvalue weighted by Crippen LogP contribution is 2.14. The van der Waals surface area contributed by atoms with Crippen molar-refractivity contribution in [2.45, 2.75) is 6.43 Å². The monoisotopic (exact) mass is 160 g/mol. The molecule has 1 heterocycles. The number of carbonyl (C=O) groups is 1. The Bertz CT molecular complexity index is 270. The Labute approximate surface area is 60.6 Å². The second-order valence-corrected chi connectivity index (χ2v) is 1.74. The van der Waals surface area contributed by atoms with Gasteiger partial charge in [0.15, 0.2) is 0 Å². The third-order valence-corrected chi connectivity index (χ3v) is 0.983. The molecule has 6 heteroatoms. The van der Waals surface area contributed by atoms with Crippen LogP contribution in [0.2, 0.25) is 0 Å². The number of nitrogens with two attached hydrogens (primary N) is 1. The van der Waals surface area contributed by atoms with Gasteiger partial charge in [-0.15, -0.1) is 0 Å². The summed E-state index contributed by atoms with van der Waals surface area (Å²) in [6.45, 7) is 0. The van der Waals surface area contributed by atoms with Crippen molar-refractivity contribution in [2.24, 2.45) is 5.73 Å². The molecule has 59 valence electrons. The van der Waals surface area contributed by atoms with E-state index in [9.17, 15) is 13.6 Å². The first-order valence-corrected chi connectivity index (χ1v) is 2.66. The van der Waals surface area contributed by atoms with Gasteiger partial charge in [0.1, 0.15) is 5.69 Å². The number of amides is 1. The van der Waals surface area contributed by atoms with E-state index >= 15 is 0 Å². The van der Waals surface area contributed by atoms with Gasteiger partial charge in [-0.05, 0) is 0 Å². The van der Waals surface area contributed by atoms with Crippen LogP contribution in [0.25, 0.3) is 0 Å². The zero-order valence-electron chi connectivity index (χ0n) is 5.29. The molecule has 0 fully saturated rings. The van der Waals surface area contributed by atoms with Crippen LogP contribution < -0.4 is 5.73 Å². The van der Waals surface area contributed by atoms with Gasteiger partial charge in [-0.25, -0.2) is 13.6 Å². The van der Waals surface area contributed by atoms with Crippen LogP contribution in [0, 0.1) is 6.07 Å². The number of hydrogen-bond donors (Lipinski definition) is 1. The molecule has 0 aromatic carbocycles. The van der Waals surface area contributed by atoms with E-state index in [0.29, 0.717) is 4.68 Å². The fourth-order valence-electron chi connectivity index (χ4n) is 0.521. The minimum atomic E-state index is -2.73. The zero-order valence-corrected chi connectivity index (χ0v) is 5.29. The van der Waals surface area contributed by atoms with Gasteiger partial charge < -0.3 is 5.73 Å². The molecule has 1 amide bonds. The minimum Gasteiger partial charge on any atom is -0.350 e. The highest BCUT2D eigenvalue weighted by atomic mass is 19.3. The zero-order chi connectivity index (χ0) is 8.43. The van der Waals surface area contributed by atoms with E-state index in [1.807, 2.05) is 0 Å². The first-order chi connectivity index (χ1) is 5.11. The van der Waals surface area contributed by atoms with Gasteiger partial charge in [0, 0.05) is 12.3 Å². The van der Waals surface area contributed by atoms with Gasteiger partial charge in [-0.1, -0.05) is 0 Å². The van der Waals surface area contributed by atoms with Gasteiger partial charge in [-0.2, -0.15) is 9.78 Å². The third kappa shape index (κ3) is 1.51. The normalized spacial score (nSPS) is 10.5. The molecule has 0 spiro atoms. The second-order valence-electron chi connectivity index (χ2n) is 1.74. The molecule has 11 heavy (non-hydrogen) atoms. The number of halogens is 2. The van der Waals surface area contributed by atoms with Crippen LogP contribution in [0.15, 0.2) is 6.20 Å². The topological polar surface area (TPSA) is 60.9 Å². The van der Waals surface area contributed by atoms with Crippen LogP contribution in [0.3, 0.4) is 0 Å². The molecule has 0 bridgehead atoms. The quantitative estimate of drug-likeness (QED) is 0.651. The number of nitrogens with zero attached hydrogens (tertiary/aromatic N) is 2. The lowest BCUT2D eigenvalue weighted by Gasteiger charge is -1.91. The lowest BCUT2D eigenvalue weighted by atomic mass is 10.5. The molecule has 0 atom stereocenters. The van der Waals surface area contributed by atoms with E-state index in [4.69, 9.17) is 5.73 Å². The molecule has 0 aliphatic rings. The summed E-state index contributed by atoms with van der Waals surface area (Å²) < 4.78 is 24.2. The molecule has 0 aliphatic heterocycles. The molecule has 0 unspecified atom stereocenters. The van der Waals surface area contributed by atoms with Crippen LogP contribution in [0.1, 0.15) is 12.1 Å². The second kappa shape index (κ2) is 2.65. The van der Waals surface area contributed by atoms with Crippen molar-refractivity contribution in [1.82, 2.24) is 9.78 Å². The molecule has 1 aromatic rings. The Kier molecular flexibility index (Phi) is 1.84. The Balaban J connectivity index is 2.90. The van der Waals surface area contributed by atoms with E-state index in [1.54, 1.807) is 0 Å². The van der Waals surface area contributed by atoms with Crippen LogP contribution in [-0.4, -0.2) is 15.8 Å². The molecule has 0 aliphatic carbocycles. The third-order valence-electron chi connectivity index (χ3n) is 0.983. The lowest BCUT2D eigenvalue weighted by Crippen LogP contribution is -2.19. The van der Waals surface area contributed by atoms with E-state index in [2.05, 4.69) is 11.2 Å². The molecule has 1 aromatic heterocycles. The summed E-state index contributed by atoms with van der Waals surface area (Å²) in [5, 5.41) is 3.15. The molecule has 1 radical (unpaired) electrons. The fraction of sp³-hybridized carbons (Fsp3) is 0.200. The van der Waals surface area contributed by atoms with Crippen molar-refractivity contribution >= 4 is 6.03 Å². The average molecular weight is 160 g/mol. The number of alkyl halides is 2. The van der Waals surface area contributed by atoms with Gasteiger partial charge in [-0.3, -0.25) is 0 Å². The highest BCUT2D eigenvalue weighted by Gasteiger charge is 2.12. The summed E-state index contributed by atoms with van der Waals surface area (Å²) in [6, 6.07) is 1.18. The minimum absolute atomic E-state index is 0.580. The van der Waals surface area contributed by atoms with E-state index in [1.165, 1.54) is 0 Å². The first kappa shape index (κ1) is 7.64. The van der Waals surface area contributed by atoms with Crippen LogP contribution in [-0.2, 0) is 0 Å². The van der Waals surface area contributed by atoms with Gasteiger partial charge >= 0.3 is 6.03 Å². The van der Waals surface area contributed by atoms with E-state index in [0.717, 1.165) is 6.20 Å². The SMILES string of the molecule is NC(=O)n1c[c]c(C(F)F)n1. The predicted octanol–water partition coefficient (Wildman–Crippen LogP) is 0.548. The first-order valence-electron chi connectivity index (χ1n) is 2.66. The van der Waals surface area contributed by atoms with Gasteiger partial charge in [0.25, 0.3) is 6.43 Å². The number of rotatable bonds is 1. The molecular formula is C5H4F2N3O. The summed E-state index contributed by atoms with van der Waals surface area (Å²) in [4.78, 5) is 10.3. The average Bonchev–Trinajstić information content (AvgIpc) is 2.33. The van der Waals surface area contributed by atoms with Crippen LogP contribution in [0.5, 0.6) is 0 Å². The van der Waals surface area contributed by atoms with E-state index < -0.39 is 18.2 Å². The van der Waals surface area contributed by atoms with Crippen molar-refractivity contribution < 1.29 is 13.6 Å².